The molecule has 0 aliphatic heterocycles. The van der Waals surface area contributed by atoms with Crippen molar-refractivity contribution in [2.75, 3.05) is 0 Å². The highest BCUT2D eigenvalue weighted by atomic mass is 32.2. The molecule has 0 radical (unpaired) electrons. The van der Waals surface area contributed by atoms with Crippen molar-refractivity contribution in [3.05, 3.63) is 29.8 Å². The van der Waals surface area contributed by atoms with Crippen molar-refractivity contribution in [2.24, 2.45) is 11.8 Å². The van der Waals surface area contributed by atoms with Crippen LogP contribution >= 0.6 is 0 Å². The van der Waals surface area contributed by atoms with Crippen LogP contribution in [0, 0.1) is 11.8 Å². The van der Waals surface area contributed by atoms with Gasteiger partial charge >= 0.3 is 0 Å². The molecule has 0 amide bonds. The number of ketones is 1. The molecule has 1 aromatic carbocycles. The first-order chi connectivity index (χ1) is 9.81. The van der Waals surface area contributed by atoms with E-state index in [0.29, 0.717) is 17.4 Å². The van der Waals surface area contributed by atoms with Gasteiger partial charge in [-0.1, -0.05) is 38.8 Å². The van der Waals surface area contributed by atoms with Crippen LogP contribution in [0.3, 0.4) is 0 Å². The number of nitrogens with one attached hydrogen (secondary N) is 1. The molecule has 0 saturated heterocycles. The third kappa shape index (κ3) is 3.71. The molecular weight excluding hydrogens is 286 g/mol. The second kappa shape index (κ2) is 6.28. The number of rotatable bonds is 4. The number of benzene rings is 1. The van der Waals surface area contributed by atoms with E-state index >= 15 is 0 Å². The summed E-state index contributed by atoms with van der Waals surface area (Å²) in [5.41, 5.74) is 0.522. The van der Waals surface area contributed by atoms with Crippen molar-refractivity contribution in [3.63, 3.8) is 0 Å². The fourth-order valence-electron chi connectivity index (χ4n) is 2.88. The summed E-state index contributed by atoms with van der Waals surface area (Å²) in [4.78, 5) is 11.5. The Morgan fingerprint density at radius 2 is 1.76 bits per heavy atom. The molecule has 1 aromatic rings. The maximum atomic E-state index is 12.4. The smallest absolute Gasteiger partial charge is 0.240 e. The predicted octanol–water partition coefficient (Wildman–Crippen LogP) is 2.99. The minimum absolute atomic E-state index is 0.00812. The zero-order valence-electron chi connectivity index (χ0n) is 12.8. The largest absolute Gasteiger partial charge is 0.295 e. The van der Waals surface area contributed by atoms with Gasteiger partial charge in [0.1, 0.15) is 0 Å². The molecule has 1 N–H and O–H groups in total. The van der Waals surface area contributed by atoms with E-state index in [1.54, 1.807) is 12.1 Å². The Bertz CT molecular complexity index is 607. The minimum atomic E-state index is -3.52. The molecule has 5 heteroatoms. The summed E-state index contributed by atoms with van der Waals surface area (Å²) in [6.07, 6.45) is 3.10. The van der Waals surface area contributed by atoms with Crippen molar-refractivity contribution in [1.29, 1.82) is 0 Å². The van der Waals surface area contributed by atoms with Gasteiger partial charge in [-0.25, -0.2) is 13.1 Å². The number of hydrogen-bond acceptors (Lipinski definition) is 3. The zero-order valence-corrected chi connectivity index (χ0v) is 13.6. The number of carbonyl (C=O) groups excluding carboxylic acids is 1. The molecule has 0 bridgehead atoms. The van der Waals surface area contributed by atoms with Crippen LogP contribution in [0.25, 0.3) is 0 Å². The lowest BCUT2D eigenvalue weighted by molar-refractivity contribution is 0.101. The van der Waals surface area contributed by atoms with Crippen LogP contribution < -0.4 is 4.72 Å². The number of hydrogen-bond donors (Lipinski definition) is 1. The van der Waals surface area contributed by atoms with Crippen molar-refractivity contribution in [2.45, 2.75) is 51.0 Å². The van der Waals surface area contributed by atoms with Gasteiger partial charge < -0.3 is 0 Å². The molecule has 1 saturated carbocycles. The molecule has 1 fully saturated rings. The summed E-state index contributed by atoms with van der Waals surface area (Å²) in [6.45, 7) is 5.75. The van der Waals surface area contributed by atoms with Crippen LogP contribution in [0.2, 0.25) is 0 Å². The number of sulfonamides is 1. The highest BCUT2D eigenvalue weighted by Gasteiger charge is 2.30. The minimum Gasteiger partial charge on any atom is -0.295 e. The molecule has 1 aliphatic rings. The number of carbonyl (C=O) groups is 1. The molecule has 116 valence electrons. The Morgan fingerprint density at radius 3 is 2.33 bits per heavy atom. The average molecular weight is 309 g/mol. The normalized spacial score (nSPS) is 26.5. The Labute approximate surface area is 127 Å². The molecule has 0 aromatic heterocycles. The average Bonchev–Trinajstić information content (AvgIpc) is 2.44. The van der Waals surface area contributed by atoms with E-state index in [1.165, 1.54) is 19.1 Å². The monoisotopic (exact) mass is 309 g/mol. The van der Waals surface area contributed by atoms with E-state index < -0.39 is 10.0 Å². The summed E-state index contributed by atoms with van der Waals surface area (Å²) in [5, 5.41) is 0. The molecule has 4 nitrogen and oxygen atoms in total. The van der Waals surface area contributed by atoms with Crippen molar-refractivity contribution >= 4 is 15.8 Å². The summed E-state index contributed by atoms with van der Waals surface area (Å²) in [7, 11) is -3.52. The third-order valence-electron chi connectivity index (χ3n) is 4.58. The summed E-state index contributed by atoms with van der Waals surface area (Å²) in [5.74, 6) is 0.804. The van der Waals surface area contributed by atoms with Crippen molar-refractivity contribution in [3.8, 4) is 0 Å². The van der Waals surface area contributed by atoms with E-state index in [4.69, 9.17) is 0 Å². The van der Waals surface area contributed by atoms with Gasteiger partial charge in [0.05, 0.1) is 4.90 Å². The Morgan fingerprint density at radius 1 is 1.14 bits per heavy atom. The first-order valence-corrected chi connectivity index (χ1v) is 8.93. The van der Waals surface area contributed by atoms with Crippen LogP contribution in [0.4, 0.5) is 0 Å². The first-order valence-electron chi connectivity index (χ1n) is 7.44. The van der Waals surface area contributed by atoms with Crippen molar-refractivity contribution in [1.82, 2.24) is 4.72 Å². The lowest BCUT2D eigenvalue weighted by Crippen LogP contribution is -2.43. The third-order valence-corrected chi connectivity index (χ3v) is 6.09. The van der Waals surface area contributed by atoms with Gasteiger partial charge in [-0.05, 0) is 37.3 Å². The van der Waals surface area contributed by atoms with E-state index in [0.717, 1.165) is 19.3 Å². The SMILES string of the molecule is CC(=O)c1ccc(S(=O)(=O)N[C@@H]2CCC[C@@H](C)[C@H]2C)cc1. The van der Waals surface area contributed by atoms with Crippen LogP contribution in [-0.2, 0) is 10.0 Å². The standard InChI is InChI=1S/C16H23NO3S/c1-11-5-4-6-16(12(11)2)17-21(19,20)15-9-7-14(8-10-15)13(3)18/h7-12,16-17H,4-6H2,1-3H3/t11-,12-,16-/m1/s1. The van der Waals surface area contributed by atoms with E-state index in [1.807, 2.05) is 0 Å². The van der Waals surface area contributed by atoms with Gasteiger partial charge in [-0.2, -0.15) is 0 Å². The molecule has 3 atom stereocenters. The summed E-state index contributed by atoms with van der Waals surface area (Å²) >= 11 is 0. The van der Waals surface area contributed by atoms with Gasteiger partial charge in [0.2, 0.25) is 10.0 Å². The second-order valence-corrected chi connectivity index (χ2v) is 7.79. The molecule has 2 rings (SSSR count). The van der Waals surface area contributed by atoms with Crippen LogP contribution in [0.15, 0.2) is 29.2 Å². The van der Waals surface area contributed by atoms with Gasteiger partial charge in [-0.3, -0.25) is 4.79 Å². The van der Waals surface area contributed by atoms with E-state index in [9.17, 15) is 13.2 Å². The molecule has 0 heterocycles. The quantitative estimate of drug-likeness (QED) is 0.870. The Balaban J connectivity index is 2.16. The molecular formula is C16H23NO3S. The lowest BCUT2D eigenvalue weighted by Gasteiger charge is -2.34. The Hall–Kier alpha value is -1.20. The van der Waals surface area contributed by atoms with Crippen LogP contribution in [0.5, 0.6) is 0 Å². The fourth-order valence-corrected chi connectivity index (χ4v) is 4.25. The van der Waals surface area contributed by atoms with Crippen LogP contribution in [0.1, 0.15) is 50.4 Å². The van der Waals surface area contributed by atoms with E-state index in [2.05, 4.69) is 18.6 Å². The number of Topliss-reactive ketones (excluding diaryl/α,β-unsaturated/α-hetero) is 1. The van der Waals surface area contributed by atoms with Crippen LogP contribution in [-0.4, -0.2) is 20.2 Å². The molecule has 0 unspecified atom stereocenters. The second-order valence-electron chi connectivity index (χ2n) is 6.08. The van der Waals surface area contributed by atoms with E-state index in [-0.39, 0.29) is 16.7 Å². The van der Waals surface area contributed by atoms with Gasteiger partial charge in [0, 0.05) is 11.6 Å². The van der Waals surface area contributed by atoms with Gasteiger partial charge in [-0.15, -0.1) is 0 Å². The topological polar surface area (TPSA) is 63.2 Å². The highest BCUT2D eigenvalue weighted by molar-refractivity contribution is 7.89. The Kier molecular flexibility index (Phi) is 4.84. The molecule has 21 heavy (non-hydrogen) atoms. The summed E-state index contributed by atoms with van der Waals surface area (Å²) < 4.78 is 27.7. The van der Waals surface area contributed by atoms with Crippen molar-refractivity contribution < 1.29 is 13.2 Å². The zero-order chi connectivity index (χ0) is 15.6. The predicted molar refractivity (Wildman–Crippen MR) is 82.7 cm³/mol. The maximum Gasteiger partial charge on any atom is 0.240 e. The summed E-state index contributed by atoms with van der Waals surface area (Å²) in [6, 6.07) is 6.10. The van der Waals surface area contributed by atoms with Gasteiger partial charge in [0.15, 0.2) is 5.78 Å². The maximum absolute atomic E-state index is 12.4. The first kappa shape index (κ1) is 16.2. The van der Waals surface area contributed by atoms with Gasteiger partial charge in [0.25, 0.3) is 0 Å². The highest BCUT2D eigenvalue weighted by Crippen LogP contribution is 2.30. The molecule has 1 aliphatic carbocycles. The fraction of sp³-hybridized carbons (Fsp3) is 0.562. The molecule has 0 spiro atoms. The lowest BCUT2D eigenvalue weighted by atomic mass is 9.78.